The molecule has 0 aliphatic rings. The highest BCUT2D eigenvalue weighted by Gasteiger charge is 2.15. The second-order valence-electron chi connectivity index (χ2n) is 8.00. The molecule has 0 atom stereocenters. The van der Waals surface area contributed by atoms with Crippen LogP contribution in [0.25, 0.3) is 0 Å². The number of hydrogen-bond acceptors (Lipinski definition) is 6. The van der Waals surface area contributed by atoms with Crippen molar-refractivity contribution in [3.8, 4) is 0 Å². The largest absolute Gasteiger partial charge is 0.759 e. The normalized spacial score (nSPS) is 11.6. The van der Waals surface area contributed by atoms with Gasteiger partial charge in [-0.3, -0.25) is 8.42 Å². The summed E-state index contributed by atoms with van der Waals surface area (Å²) < 4.78 is 34.1. The molecule has 0 aromatic heterocycles. The van der Waals surface area contributed by atoms with Gasteiger partial charge in [0.25, 0.3) is 0 Å². The van der Waals surface area contributed by atoms with E-state index in [4.69, 9.17) is 17.5 Å². The van der Waals surface area contributed by atoms with Crippen LogP contribution in [0.15, 0.2) is 60.7 Å². The van der Waals surface area contributed by atoms with Crippen LogP contribution < -0.4 is 10.6 Å². The second-order valence-corrected chi connectivity index (χ2v) is 8.82. The molecule has 0 saturated heterocycles. The molecule has 0 heterocycles. The fraction of sp³-hybridized carbons (Fsp3) is 0.455. The Morgan fingerprint density at radius 1 is 0.690 bits per heavy atom. The molecule has 0 amide bonds. The van der Waals surface area contributed by atoms with Crippen molar-refractivity contribution in [2.45, 2.75) is 51.6 Å². The van der Waals surface area contributed by atoms with Crippen molar-refractivity contribution in [2.24, 2.45) is 0 Å². The first-order valence-electron chi connectivity index (χ1n) is 9.40. The molecule has 29 heavy (non-hydrogen) atoms. The summed E-state index contributed by atoms with van der Waals surface area (Å²) in [5.74, 6) is 0. The summed E-state index contributed by atoms with van der Waals surface area (Å²) in [6.45, 7) is 8.83. The predicted molar refractivity (Wildman–Crippen MR) is 117 cm³/mol. The van der Waals surface area contributed by atoms with Crippen LogP contribution in [0, 0.1) is 0 Å². The van der Waals surface area contributed by atoms with Crippen LogP contribution in [0.2, 0.25) is 0 Å². The lowest BCUT2D eigenvalue weighted by molar-refractivity contribution is 0.352. The second kappa shape index (κ2) is 12.7. The molecule has 164 valence electrons. The minimum atomic E-state index is -5.17. The number of nitrogens with one attached hydrogen (secondary N) is 2. The maximum absolute atomic E-state index is 8.52. The highest BCUT2D eigenvalue weighted by atomic mass is 32.3. The number of likely N-dealkylation sites (N-methyl/N-ethyl adjacent to an activating group) is 2. The molecule has 0 fully saturated rings. The summed E-state index contributed by atoms with van der Waals surface area (Å²) in [5.41, 5.74) is 3.16. The summed E-state index contributed by atoms with van der Waals surface area (Å²) in [4.78, 5) is 0. The quantitative estimate of drug-likeness (QED) is 0.547. The van der Waals surface area contributed by atoms with Crippen LogP contribution in [-0.2, 0) is 23.2 Å². The van der Waals surface area contributed by atoms with Crippen molar-refractivity contribution in [2.75, 3.05) is 14.1 Å². The Kier molecular flexibility index (Phi) is 11.9. The first-order valence-corrected chi connectivity index (χ1v) is 10.7. The Labute approximate surface area is 176 Å². The van der Waals surface area contributed by atoms with Gasteiger partial charge in [0.1, 0.15) is 0 Å². The first kappa shape index (κ1) is 27.2. The standard InChI is InChI=1S/2C11H17N.H2O4S/c2*1-11(2,12-3)9-10-7-5-4-6-8-10;1-5(2,3)4/h2*4-8,12H,9H2,1-3H3;(H2,1,2,3,4)/p-2. The highest BCUT2D eigenvalue weighted by molar-refractivity contribution is 7.79. The third-order valence-electron chi connectivity index (χ3n) is 4.33. The van der Waals surface area contributed by atoms with Gasteiger partial charge >= 0.3 is 0 Å². The first-order chi connectivity index (χ1) is 13.3. The Bertz CT molecular complexity index is 715. The number of benzene rings is 2. The summed E-state index contributed by atoms with van der Waals surface area (Å²) in [7, 11) is -1.16. The zero-order chi connectivity index (χ0) is 22.6. The molecule has 2 rings (SSSR count). The monoisotopic (exact) mass is 422 g/mol. The van der Waals surface area contributed by atoms with Gasteiger partial charge in [-0.05, 0) is 65.8 Å². The van der Waals surface area contributed by atoms with Crippen molar-refractivity contribution < 1.29 is 17.5 Å². The topological polar surface area (TPSA) is 104 Å². The minimum Gasteiger partial charge on any atom is -0.759 e. The van der Waals surface area contributed by atoms with Crippen LogP contribution in [-0.4, -0.2) is 42.7 Å². The molecule has 6 nitrogen and oxygen atoms in total. The van der Waals surface area contributed by atoms with Gasteiger partial charge in [-0.25, -0.2) is 0 Å². The average molecular weight is 423 g/mol. The summed E-state index contributed by atoms with van der Waals surface area (Å²) in [6, 6.07) is 21.1. The predicted octanol–water partition coefficient (Wildman–Crippen LogP) is 3.12. The third kappa shape index (κ3) is 16.9. The zero-order valence-electron chi connectivity index (χ0n) is 18.2. The lowest BCUT2D eigenvalue weighted by Gasteiger charge is -2.23. The molecule has 0 aliphatic carbocycles. The maximum Gasteiger partial charge on any atom is 0.0311 e. The van der Waals surface area contributed by atoms with Crippen LogP contribution >= 0.6 is 0 Å². The van der Waals surface area contributed by atoms with Crippen LogP contribution in [0.1, 0.15) is 38.8 Å². The zero-order valence-corrected chi connectivity index (χ0v) is 19.0. The Morgan fingerprint density at radius 3 is 1.14 bits per heavy atom. The SMILES string of the molecule is CNC(C)(C)Cc1ccccc1.CNC(C)(C)Cc1ccccc1.O=S(=O)([O-])[O-]. The van der Waals surface area contributed by atoms with E-state index in [1.807, 2.05) is 14.1 Å². The molecule has 7 heteroatoms. The molecule has 0 unspecified atom stereocenters. The van der Waals surface area contributed by atoms with Gasteiger partial charge in [0.05, 0.1) is 0 Å². The van der Waals surface area contributed by atoms with Gasteiger partial charge in [0.15, 0.2) is 0 Å². The van der Waals surface area contributed by atoms with E-state index < -0.39 is 10.4 Å². The summed E-state index contributed by atoms with van der Waals surface area (Å²) >= 11 is 0. The highest BCUT2D eigenvalue weighted by Crippen LogP contribution is 2.11. The van der Waals surface area contributed by atoms with Gasteiger partial charge < -0.3 is 19.7 Å². The van der Waals surface area contributed by atoms with Crippen molar-refractivity contribution >= 4 is 10.4 Å². The Morgan fingerprint density at radius 2 is 0.931 bits per heavy atom. The molecule has 2 aromatic carbocycles. The van der Waals surface area contributed by atoms with E-state index in [0.29, 0.717) is 0 Å². The van der Waals surface area contributed by atoms with E-state index in [9.17, 15) is 0 Å². The fourth-order valence-corrected chi connectivity index (χ4v) is 2.39. The van der Waals surface area contributed by atoms with Crippen molar-refractivity contribution in [3.05, 3.63) is 71.8 Å². The van der Waals surface area contributed by atoms with Gasteiger partial charge in [0, 0.05) is 21.5 Å². The third-order valence-corrected chi connectivity index (χ3v) is 4.33. The van der Waals surface area contributed by atoms with E-state index in [1.165, 1.54) is 11.1 Å². The smallest absolute Gasteiger partial charge is 0.0311 e. The average Bonchev–Trinajstić information content (AvgIpc) is 2.62. The maximum atomic E-state index is 8.52. The number of hydrogen-bond donors (Lipinski definition) is 2. The molecule has 0 saturated carbocycles. The van der Waals surface area contributed by atoms with E-state index in [0.717, 1.165) is 12.8 Å². The van der Waals surface area contributed by atoms with Crippen LogP contribution in [0.5, 0.6) is 0 Å². The molecule has 0 aliphatic heterocycles. The van der Waals surface area contributed by atoms with E-state index >= 15 is 0 Å². The Balaban J connectivity index is 0.000000442. The molecule has 2 aromatic rings. The molecule has 0 spiro atoms. The molecule has 0 bridgehead atoms. The van der Waals surface area contributed by atoms with Gasteiger partial charge in [-0.1, -0.05) is 60.7 Å². The molecule has 2 N–H and O–H groups in total. The van der Waals surface area contributed by atoms with E-state index in [1.54, 1.807) is 0 Å². The number of rotatable bonds is 6. The van der Waals surface area contributed by atoms with Gasteiger partial charge in [0.2, 0.25) is 0 Å². The summed E-state index contributed by atoms with van der Waals surface area (Å²) in [5, 5.41) is 6.58. The van der Waals surface area contributed by atoms with Crippen molar-refractivity contribution in [3.63, 3.8) is 0 Å². The fourth-order valence-electron chi connectivity index (χ4n) is 2.39. The van der Waals surface area contributed by atoms with E-state index in [-0.39, 0.29) is 11.1 Å². The molecular formula is C22H34N2O4S-2. The lowest BCUT2D eigenvalue weighted by atomic mass is 9.95. The molecular weight excluding hydrogens is 388 g/mol. The molecule has 0 radical (unpaired) electrons. The Hall–Kier alpha value is -1.77. The minimum absolute atomic E-state index is 0.196. The van der Waals surface area contributed by atoms with Crippen molar-refractivity contribution in [1.82, 2.24) is 10.6 Å². The van der Waals surface area contributed by atoms with Crippen LogP contribution in [0.4, 0.5) is 0 Å². The van der Waals surface area contributed by atoms with Gasteiger partial charge in [-0.2, -0.15) is 0 Å². The van der Waals surface area contributed by atoms with Crippen LogP contribution in [0.3, 0.4) is 0 Å². The van der Waals surface area contributed by atoms with Crippen molar-refractivity contribution in [1.29, 1.82) is 0 Å². The summed E-state index contributed by atoms with van der Waals surface area (Å²) in [6.07, 6.45) is 2.15. The van der Waals surface area contributed by atoms with E-state index in [2.05, 4.69) is 99.0 Å². The van der Waals surface area contributed by atoms with Gasteiger partial charge in [-0.15, -0.1) is 0 Å². The lowest BCUT2D eigenvalue weighted by Crippen LogP contribution is -2.38.